The molecule has 0 saturated heterocycles. The quantitative estimate of drug-likeness (QED) is 0.599. The fourth-order valence-electron chi connectivity index (χ4n) is 0.928. The smallest absolute Gasteiger partial charge is 0.215 e. The topological polar surface area (TPSA) is 16.1 Å². The Morgan fingerprint density at radius 3 is 2.38 bits per heavy atom. The van der Waals surface area contributed by atoms with Crippen LogP contribution in [0.2, 0.25) is 0 Å². The lowest BCUT2D eigenvalue weighted by molar-refractivity contribution is 0.478. The van der Waals surface area contributed by atoms with Crippen LogP contribution in [0.3, 0.4) is 0 Å². The Morgan fingerprint density at radius 2 is 1.92 bits per heavy atom. The second kappa shape index (κ2) is 4.53. The Labute approximate surface area is 81.1 Å². The van der Waals surface area contributed by atoms with Crippen LogP contribution < -0.4 is 0 Å². The molecule has 1 aromatic rings. The van der Waals surface area contributed by atoms with E-state index in [1.807, 2.05) is 6.92 Å². The molecule has 13 heavy (non-hydrogen) atoms. The van der Waals surface area contributed by atoms with E-state index < -0.39 is 11.9 Å². The molecule has 0 aromatic carbocycles. The highest BCUT2D eigenvalue weighted by molar-refractivity contribution is 7.77. The van der Waals surface area contributed by atoms with E-state index in [0.717, 1.165) is 0 Å². The lowest BCUT2D eigenvalue weighted by Gasteiger charge is -2.11. The highest BCUT2D eigenvalue weighted by Gasteiger charge is 2.03. The van der Waals surface area contributed by atoms with Crippen LogP contribution in [0.4, 0.5) is 8.78 Å². The third-order valence-electron chi connectivity index (χ3n) is 1.55. The lowest BCUT2D eigenvalue weighted by Crippen LogP contribution is -2.11. The highest BCUT2D eigenvalue weighted by Crippen LogP contribution is 2.08. The molecule has 0 unspecified atom stereocenters. The third kappa shape index (κ3) is 3.28. The number of aromatic nitrogens is 1. The molecule has 2 nitrogen and oxygen atoms in total. The molecule has 0 bridgehead atoms. The van der Waals surface area contributed by atoms with Crippen molar-refractivity contribution in [3.8, 4) is 0 Å². The standard InChI is InChI=1S/C8H10F2N2S/c1-2-12(13)5-6-3-7(9)11-8(10)4-6/h3-4,13H,2,5H2,1H3. The average Bonchev–Trinajstić information content (AvgIpc) is 2.02. The van der Waals surface area contributed by atoms with Crippen molar-refractivity contribution >= 4 is 12.8 Å². The SMILES string of the molecule is CCN(S)Cc1cc(F)nc(F)c1. The summed E-state index contributed by atoms with van der Waals surface area (Å²) in [5, 5.41) is 0. The van der Waals surface area contributed by atoms with E-state index in [1.165, 1.54) is 12.1 Å². The van der Waals surface area contributed by atoms with Crippen molar-refractivity contribution in [2.45, 2.75) is 13.5 Å². The van der Waals surface area contributed by atoms with Crippen LogP contribution in [0.5, 0.6) is 0 Å². The van der Waals surface area contributed by atoms with Gasteiger partial charge < -0.3 is 0 Å². The third-order valence-corrected chi connectivity index (χ3v) is 1.98. The molecule has 1 aromatic heterocycles. The first-order valence-electron chi connectivity index (χ1n) is 3.87. The van der Waals surface area contributed by atoms with Crippen LogP contribution in [0, 0.1) is 11.9 Å². The molecule has 0 N–H and O–H groups in total. The molecule has 5 heteroatoms. The summed E-state index contributed by atoms with van der Waals surface area (Å²) >= 11 is 4.08. The number of thiol groups is 1. The minimum atomic E-state index is -0.798. The van der Waals surface area contributed by atoms with Gasteiger partial charge in [0.15, 0.2) is 0 Å². The number of hydrogen-bond donors (Lipinski definition) is 1. The van der Waals surface area contributed by atoms with Crippen LogP contribution in [0.25, 0.3) is 0 Å². The van der Waals surface area contributed by atoms with Crippen molar-refractivity contribution in [1.82, 2.24) is 9.29 Å². The van der Waals surface area contributed by atoms with Gasteiger partial charge in [-0.15, -0.1) is 0 Å². The molecule has 1 heterocycles. The Hall–Kier alpha value is -0.680. The zero-order valence-corrected chi connectivity index (χ0v) is 8.06. The van der Waals surface area contributed by atoms with E-state index in [-0.39, 0.29) is 0 Å². The fraction of sp³-hybridized carbons (Fsp3) is 0.375. The van der Waals surface area contributed by atoms with Gasteiger partial charge in [-0.3, -0.25) is 0 Å². The van der Waals surface area contributed by atoms with Gasteiger partial charge in [0, 0.05) is 13.1 Å². The van der Waals surface area contributed by atoms with E-state index in [2.05, 4.69) is 17.8 Å². The van der Waals surface area contributed by atoms with Gasteiger partial charge in [0.2, 0.25) is 11.9 Å². The molecule has 0 aliphatic rings. The molecular formula is C8H10F2N2S. The summed E-state index contributed by atoms with van der Waals surface area (Å²) in [6, 6.07) is 2.39. The normalized spacial score (nSPS) is 10.8. The summed E-state index contributed by atoms with van der Waals surface area (Å²) in [7, 11) is 0. The molecular weight excluding hydrogens is 194 g/mol. The number of rotatable bonds is 3. The van der Waals surface area contributed by atoms with Gasteiger partial charge in [-0.1, -0.05) is 19.7 Å². The van der Waals surface area contributed by atoms with Gasteiger partial charge in [-0.25, -0.2) is 4.31 Å². The van der Waals surface area contributed by atoms with Crippen LogP contribution in [-0.4, -0.2) is 15.8 Å². The minimum Gasteiger partial charge on any atom is -0.249 e. The van der Waals surface area contributed by atoms with Gasteiger partial charge in [0.05, 0.1) is 0 Å². The van der Waals surface area contributed by atoms with E-state index in [1.54, 1.807) is 4.31 Å². The summed E-state index contributed by atoms with van der Waals surface area (Å²) < 4.78 is 26.8. The molecule has 0 radical (unpaired) electrons. The van der Waals surface area contributed by atoms with Gasteiger partial charge in [0.25, 0.3) is 0 Å². The van der Waals surface area contributed by atoms with Gasteiger partial charge in [-0.2, -0.15) is 13.8 Å². The number of halogens is 2. The molecule has 0 saturated carbocycles. The van der Waals surface area contributed by atoms with E-state index in [0.29, 0.717) is 18.7 Å². The first kappa shape index (κ1) is 10.4. The van der Waals surface area contributed by atoms with Crippen molar-refractivity contribution in [3.05, 3.63) is 29.6 Å². The number of hydrogen-bond acceptors (Lipinski definition) is 3. The van der Waals surface area contributed by atoms with Gasteiger partial charge in [0.1, 0.15) is 0 Å². The zero-order valence-electron chi connectivity index (χ0n) is 7.17. The fourth-order valence-corrected chi connectivity index (χ4v) is 1.09. The van der Waals surface area contributed by atoms with Crippen LogP contribution in [0.15, 0.2) is 12.1 Å². The maximum Gasteiger partial charge on any atom is 0.215 e. The summed E-state index contributed by atoms with van der Waals surface area (Å²) in [5.41, 5.74) is 0.529. The molecule has 0 amide bonds. The van der Waals surface area contributed by atoms with Crippen molar-refractivity contribution in [2.75, 3.05) is 6.54 Å². The predicted molar refractivity (Wildman–Crippen MR) is 49.2 cm³/mol. The Balaban J connectivity index is 2.77. The second-order valence-corrected chi connectivity index (χ2v) is 3.17. The minimum absolute atomic E-state index is 0.399. The predicted octanol–water partition coefficient (Wildman–Crippen LogP) is 2.03. The van der Waals surface area contributed by atoms with Crippen LogP contribution in [0.1, 0.15) is 12.5 Å². The Bertz CT molecular complexity index is 273. The van der Waals surface area contributed by atoms with E-state index in [4.69, 9.17) is 0 Å². The molecule has 0 atom stereocenters. The molecule has 72 valence electrons. The Kier molecular flexibility index (Phi) is 3.62. The summed E-state index contributed by atoms with van der Waals surface area (Å²) in [5.74, 6) is -1.60. The maximum absolute atomic E-state index is 12.6. The lowest BCUT2D eigenvalue weighted by atomic mass is 10.2. The molecule has 0 fully saturated rings. The average molecular weight is 204 g/mol. The van der Waals surface area contributed by atoms with Crippen LogP contribution >= 0.6 is 12.8 Å². The monoisotopic (exact) mass is 204 g/mol. The first-order chi connectivity index (χ1) is 6.11. The zero-order chi connectivity index (χ0) is 9.84. The summed E-state index contributed by atoms with van der Waals surface area (Å²) in [6.45, 7) is 3.01. The highest BCUT2D eigenvalue weighted by atomic mass is 32.1. The van der Waals surface area contributed by atoms with Gasteiger partial charge >= 0.3 is 0 Å². The van der Waals surface area contributed by atoms with Crippen molar-refractivity contribution in [3.63, 3.8) is 0 Å². The molecule has 0 spiro atoms. The van der Waals surface area contributed by atoms with Crippen molar-refractivity contribution in [1.29, 1.82) is 0 Å². The molecule has 1 rings (SSSR count). The first-order valence-corrected chi connectivity index (χ1v) is 4.27. The number of pyridine rings is 1. The summed E-state index contributed by atoms with van der Waals surface area (Å²) in [4.78, 5) is 2.99. The van der Waals surface area contributed by atoms with Crippen LogP contribution in [-0.2, 0) is 6.54 Å². The molecule has 0 aliphatic carbocycles. The van der Waals surface area contributed by atoms with Crippen molar-refractivity contribution in [2.24, 2.45) is 0 Å². The molecule has 0 aliphatic heterocycles. The maximum atomic E-state index is 12.6. The van der Waals surface area contributed by atoms with Crippen molar-refractivity contribution < 1.29 is 8.78 Å². The largest absolute Gasteiger partial charge is 0.249 e. The van der Waals surface area contributed by atoms with E-state index >= 15 is 0 Å². The van der Waals surface area contributed by atoms with Gasteiger partial charge in [-0.05, 0) is 17.7 Å². The number of nitrogens with zero attached hydrogens (tertiary/aromatic N) is 2. The summed E-state index contributed by atoms with van der Waals surface area (Å²) in [6.07, 6.45) is 0. The van der Waals surface area contributed by atoms with E-state index in [9.17, 15) is 8.78 Å². The Morgan fingerprint density at radius 1 is 1.38 bits per heavy atom. The second-order valence-electron chi connectivity index (χ2n) is 2.60.